The van der Waals surface area contributed by atoms with Gasteiger partial charge in [-0.25, -0.2) is 0 Å². The van der Waals surface area contributed by atoms with Crippen molar-refractivity contribution in [1.29, 1.82) is 0 Å². The number of esters is 3. The lowest BCUT2D eigenvalue weighted by molar-refractivity contribution is -0.167. The minimum absolute atomic E-state index is 0.0661. The van der Waals surface area contributed by atoms with Gasteiger partial charge in [-0.3, -0.25) is 14.4 Å². The molecule has 0 amide bonds. The zero-order valence-electron chi connectivity index (χ0n) is 39.1. The fraction of sp³-hybridized carbons (Fsp3) is 0.904. The lowest BCUT2D eigenvalue weighted by Gasteiger charge is -2.18. The van der Waals surface area contributed by atoms with Crippen LogP contribution < -0.4 is 0 Å². The van der Waals surface area contributed by atoms with E-state index in [1.165, 1.54) is 186 Å². The number of carbonyl (C=O) groups excluding carboxylic acids is 3. The average molecular weight is 819 g/mol. The first kappa shape index (κ1) is 56.1. The Bertz CT molecular complexity index is 900. The summed E-state index contributed by atoms with van der Waals surface area (Å²) < 4.78 is 16.8. The molecule has 0 aromatic rings. The van der Waals surface area contributed by atoms with Crippen LogP contribution in [-0.4, -0.2) is 37.2 Å². The molecule has 0 saturated heterocycles. The highest BCUT2D eigenvalue weighted by molar-refractivity contribution is 5.71. The van der Waals surface area contributed by atoms with E-state index in [-0.39, 0.29) is 31.1 Å². The van der Waals surface area contributed by atoms with Gasteiger partial charge in [0.1, 0.15) is 13.2 Å². The second-order valence-corrected chi connectivity index (χ2v) is 17.4. The Balaban J connectivity index is 4.32. The highest BCUT2D eigenvalue weighted by Gasteiger charge is 2.19. The number of rotatable bonds is 47. The number of unbranched alkanes of at least 4 members (excludes halogenated alkanes) is 34. The van der Waals surface area contributed by atoms with Crippen molar-refractivity contribution in [3.63, 3.8) is 0 Å². The summed E-state index contributed by atoms with van der Waals surface area (Å²) in [6.45, 7) is 6.65. The molecule has 0 bridgehead atoms. The van der Waals surface area contributed by atoms with Gasteiger partial charge < -0.3 is 14.2 Å². The molecule has 6 heteroatoms. The normalized spacial score (nSPS) is 12.0. The van der Waals surface area contributed by atoms with Crippen molar-refractivity contribution >= 4 is 17.9 Å². The largest absolute Gasteiger partial charge is 0.462 e. The molecule has 58 heavy (non-hydrogen) atoms. The number of hydrogen-bond acceptors (Lipinski definition) is 6. The fourth-order valence-corrected chi connectivity index (χ4v) is 7.61. The van der Waals surface area contributed by atoms with Gasteiger partial charge in [0.05, 0.1) is 0 Å². The topological polar surface area (TPSA) is 78.9 Å². The first-order valence-corrected chi connectivity index (χ1v) is 25.7. The first-order chi connectivity index (χ1) is 28.5. The van der Waals surface area contributed by atoms with E-state index in [1.54, 1.807) is 0 Å². The van der Waals surface area contributed by atoms with Crippen molar-refractivity contribution in [2.75, 3.05) is 13.2 Å². The Labute approximate surface area is 360 Å². The molecule has 0 heterocycles. The van der Waals surface area contributed by atoms with E-state index in [0.717, 1.165) is 57.8 Å². The predicted octanol–water partition coefficient (Wildman–Crippen LogP) is 16.6. The van der Waals surface area contributed by atoms with Crippen molar-refractivity contribution < 1.29 is 28.6 Å². The molecular formula is C52H98O6. The molecule has 0 N–H and O–H groups in total. The predicted molar refractivity (Wildman–Crippen MR) is 247 cm³/mol. The van der Waals surface area contributed by atoms with E-state index in [1.807, 2.05) is 0 Å². The van der Waals surface area contributed by atoms with Crippen LogP contribution >= 0.6 is 0 Å². The quantitative estimate of drug-likeness (QED) is 0.0263. The van der Waals surface area contributed by atoms with Gasteiger partial charge in [-0.2, -0.15) is 0 Å². The minimum Gasteiger partial charge on any atom is -0.462 e. The molecule has 0 aromatic heterocycles. The molecule has 0 aromatic carbocycles. The van der Waals surface area contributed by atoms with Gasteiger partial charge >= 0.3 is 17.9 Å². The Morgan fingerprint density at radius 1 is 0.328 bits per heavy atom. The molecule has 1 unspecified atom stereocenters. The average Bonchev–Trinajstić information content (AvgIpc) is 3.22. The Morgan fingerprint density at radius 3 is 0.879 bits per heavy atom. The lowest BCUT2D eigenvalue weighted by Crippen LogP contribution is -2.30. The summed E-state index contributed by atoms with van der Waals surface area (Å²) in [5.74, 6) is -0.855. The first-order valence-electron chi connectivity index (χ1n) is 25.7. The third-order valence-corrected chi connectivity index (χ3v) is 11.5. The summed E-state index contributed by atoms with van der Waals surface area (Å²) in [7, 11) is 0. The van der Waals surface area contributed by atoms with Crippen LogP contribution in [0.4, 0.5) is 0 Å². The summed E-state index contributed by atoms with van der Waals surface area (Å²) in [4.78, 5) is 37.9. The Kier molecular flexibility index (Phi) is 46.3. The van der Waals surface area contributed by atoms with E-state index in [0.29, 0.717) is 19.3 Å². The lowest BCUT2D eigenvalue weighted by atomic mass is 10.0. The van der Waals surface area contributed by atoms with Crippen LogP contribution in [0.25, 0.3) is 0 Å². The van der Waals surface area contributed by atoms with Crippen LogP contribution in [0.15, 0.2) is 12.2 Å². The zero-order chi connectivity index (χ0) is 42.3. The van der Waals surface area contributed by atoms with Gasteiger partial charge in [-0.1, -0.05) is 232 Å². The third kappa shape index (κ3) is 45.2. The number of allylic oxidation sites excluding steroid dienone is 2. The van der Waals surface area contributed by atoms with Crippen LogP contribution in [-0.2, 0) is 28.6 Å². The van der Waals surface area contributed by atoms with Crippen molar-refractivity contribution in [2.24, 2.45) is 0 Å². The number of hydrogen-bond donors (Lipinski definition) is 0. The number of ether oxygens (including phenoxy) is 3. The summed E-state index contributed by atoms with van der Waals surface area (Å²) in [5.41, 5.74) is 0. The second kappa shape index (κ2) is 47.8. The molecule has 0 aliphatic carbocycles. The fourth-order valence-electron chi connectivity index (χ4n) is 7.61. The molecule has 0 radical (unpaired) electrons. The van der Waals surface area contributed by atoms with Crippen molar-refractivity contribution in [3.8, 4) is 0 Å². The molecule has 0 fully saturated rings. The van der Waals surface area contributed by atoms with Gasteiger partial charge in [0.25, 0.3) is 0 Å². The molecule has 0 saturated carbocycles. The highest BCUT2D eigenvalue weighted by atomic mass is 16.6. The minimum atomic E-state index is -0.764. The van der Waals surface area contributed by atoms with Crippen LogP contribution in [0.5, 0.6) is 0 Å². The summed E-state index contributed by atoms with van der Waals surface area (Å²) >= 11 is 0. The van der Waals surface area contributed by atoms with Crippen LogP contribution in [0.2, 0.25) is 0 Å². The summed E-state index contributed by atoms with van der Waals surface area (Å²) in [6.07, 6.45) is 51.9. The van der Waals surface area contributed by atoms with Gasteiger partial charge in [0, 0.05) is 19.3 Å². The van der Waals surface area contributed by atoms with E-state index in [2.05, 4.69) is 32.9 Å². The molecule has 0 rings (SSSR count). The zero-order valence-corrected chi connectivity index (χ0v) is 39.1. The monoisotopic (exact) mass is 819 g/mol. The van der Waals surface area contributed by atoms with Crippen molar-refractivity contribution in [2.45, 2.75) is 290 Å². The molecule has 0 spiro atoms. The Hall–Kier alpha value is -1.85. The molecule has 6 nitrogen and oxygen atoms in total. The molecule has 342 valence electrons. The van der Waals surface area contributed by atoms with Crippen molar-refractivity contribution in [3.05, 3.63) is 12.2 Å². The van der Waals surface area contributed by atoms with Gasteiger partial charge in [0.15, 0.2) is 6.10 Å². The van der Waals surface area contributed by atoms with Crippen LogP contribution in [0.1, 0.15) is 284 Å². The SMILES string of the molecule is CCCCCC/C=C\CCCCCCCCCC(=O)OCC(COC(=O)CCCCCCCCCCCCC)OC(=O)CCCCCCCCCCCCCCCC. The van der Waals surface area contributed by atoms with E-state index >= 15 is 0 Å². The molecule has 0 aliphatic heterocycles. The van der Waals surface area contributed by atoms with Crippen molar-refractivity contribution in [1.82, 2.24) is 0 Å². The maximum absolute atomic E-state index is 12.8. The maximum atomic E-state index is 12.8. The summed E-state index contributed by atoms with van der Waals surface area (Å²) in [5, 5.41) is 0. The Morgan fingerprint density at radius 2 is 0.569 bits per heavy atom. The van der Waals surface area contributed by atoms with Gasteiger partial charge in [-0.15, -0.1) is 0 Å². The van der Waals surface area contributed by atoms with E-state index in [4.69, 9.17) is 14.2 Å². The standard InChI is InChI=1S/C52H98O6/c1-4-7-10-13-16-19-22-24-26-28-30-33-36-39-42-45-51(54)57-48-49(47-56-50(53)44-41-38-35-32-29-21-18-15-12-9-6-3)58-52(55)46-43-40-37-34-31-27-25-23-20-17-14-11-8-5-2/h19,22,49H,4-18,20-21,23-48H2,1-3H3/b22-19-. The molecular weight excluding hydrogens is 721 g/mol. The summed E-state index contributed by atoms with van der Waals surface area (Å²) in [6, 6.07) is 0. The maximum Gasteiger partial charge on any atom is 0.306 e. The highest BCUT2D eigenvalue weighted by Crippen LogP contribution is 2.16. The number of carbonyl (C=O) groups is 3. The van der Waals surface area contributed by atoms with Gasteiger partial charge in [0.2, 0.25) is 0 Å². The van der Waals surface area contributed by atoms with E-state index < -0.39 is 6.10 Å². The smallest absolute Gasteiger partial charge is 0.306 e. The van der Waals surface area contributed by atoms with Gasteiger partial charge in [-0.05, 0) is 44.9 Å². The van der Waals surface area contributed by atoms with Crippen LogP contribution in [0, 0.1) is 0 Å². The third-order valence-electron chi connectivity index (χ3n) is 11.5. The van der Waals surface area contributed by atoms with Crippen LogP contribution in [0.3, 0.4) is 0 Å². The second-order valence-electron chi connectivity index (χ2n) is 17.4. The molecule has 0 aliphatic rings. The molecule has 1 atom stereocenters. The van der Waals surface area contributed by atoms with E-state index in [9.17, 15) is 14.4 Å².